The van der Waals surface area contributed by atoms with Gasteiger partial charge in [-0.15, -0.1) is 0 Å². The molecule has 0 atom stereocenters. The van der Waals surface area contributed by atoms with Crippen molar-refractivity contribution in [2.24, 2.45) is 0 Å². The average Bonchev–Trinajstić information content (AvgIpc) is 2.38. The second kappa shape index (κ2) is 6.39. The van der Waals surface area contributed by atoms with Crippen molar-refractivity contribution in [3.05, 3.63) is 68.7 Å². The van der Waals surface area contributed by atoms with Gasteiger partial charge in [-0.1, -0.05) is 47.5 Å². The smallest absolute Gasteiger partial charge is 0.310 e. The third-order valence-electron chi connectivity index (χ3n) is 2.98. The Morgan fingerprint density at radius 2 is 2.00 bits per heavy atom. The first-order chi connectivity index (χ1) is 9.58. The molecule has 0 aliphatic heterocycles. The van der Waals surface area contributed by atoms with Crippen molar-refractivity contribution in [2.45, 2.75) is 13.3 Å². The molecule has 0 spiro atoms. The summed E-state index contributed by atoms with van der Waals surface area (Å²) in [6, 6.07) is 13.1. The van der Waals surface area contributed by atoms with Crippen molar-refractivity contribution >= 4 is 23.0 Å². The molecular formula is C15H15ClN2O2. The molecule has 2 rings (SSSR count). The fourth-order valence-electron chi connectivity index (χ4n) is 2.05. The molecule has 0 unspecified atom stereocenters. The van der Waals surface area contributed by atoms with E-state index < -0.39 is 4.92 Å². The summed E-state index contributed by atoms with van der Waals surface area (Å²) in [6.07, 6.45) is 0.797. The second-order valence-corrected chi connectivity index (χ2v) is 4.97. The Labute approximate surface area is 122 Å². The van der Waals surface area contributed by atoms with E-state index in [0.717, 1.165) is 6.42 Å². The van der Waals surface area contributed by atoms with Gasteiger partial charge in [-0.2, -0.15) is 0 Å². The standard InChI is InChI=1S/C15H15ClN2O2/c1-11-4-2-5-12(10-11)8-9-17-14-7-3-6-13(16)15(14)18(19)20/h2-7,10,17H,8-9H2,1H3. The van der Waals surface area contributed by atoms with Crippen LogP contribution in [0.2, 0.25) is 5.02 Å². The lowest BCUT2D eigenvalue weighted by Crippen LogP contribution is -2.07. The fourth-order valence-corrected chi connectivity index (χ4v) is 2.30. The molecule has 2 aromatic carbocycles. The molecule has 0 heterocycles. The van der Waals surface area contributed by atoms with Crippen molar-refractivity contribution in [1.82, 2.24) is 0 Å². The van der Waals surface area contributed by atoms with Crippen LogP contribution in [0, 0.1) is 17.0 Å². The quantitative estimate of drug-likeness (QED) is 0.663. The summed E-state index contributed by atoms with van der Waals surface area (Å²) in [5.74, 6) is 0. The third-order valence-corrected chi connectivity index (χ3v) is 3.29. The molecule has 0 bridgehead atoms. The van der Waals surface area contributed by atoms with Crippen molar-refractivity contribution < 1.29 is 4.92 Å². The number of benzene rings is 2. The van der Waals surface area contributed by atoms with Gasteiger partial charge in [0.15, 0.2) is 0 Å². The molecule has 5 heteroatoms. The molecule has 0 amide bonds. The van der Waals surface area contributed by atoms with Crippen LogP contribution in [0.1, 0.15) is 11.1 Å². The van der Waals surface area contributed by atoms with Crippen molar-refractivity contribution in [1.29, 1.82) is 0 Å². The summed E-state index contributed by atoms with van der Waals surface area (Å²) in [5, 5.41) is 14.2. The predicted molar refractivity (Wildman–Crippen MR) is 81.5 cm³/mol. The van der Waals surface area contributed by atoms with E-state index >= 15 is 0 Å². The normalized spacial score (nSPS) is 10.3. The van der Waals surface area contributed by atoms with Gasteiger partial charge in [-0.25, -0.2) is 0 Å². The molecule has 4 nitrogen and oxygen atoms in total. The van der Waals surface area contributed by atoms with Crippen LogP contribution >= 0.6 is 11.6 Å². The van der Waals surface area contributed by atoms with Gasteiger partial charge in [0, 0.05) is 6.54 Å². The van der Waals surface area contributed by atoms with Crippen LogP contribution in [0.4, 0.5) is 11.4 Å². The van der Waals surface area contributed by atoms with Gasteiger partial charge in [-0.3, -0.25) is 10.1 Å². The SMILES string of the molecule is Cc1cccc(CCNc2cccc(Cl)c2[N+](=O)[O-])c1. The van der Waals surface area contributed by atoms with Crippen LogP contribution in [0.25, 0.3) is 0 Å². The minimum Gasteiger partial charge on any atom is -0.379 e. The number of anilines is 1. The van der Waals surface area contributed by atoms with E-state index in [-0.39, 0.29) is 10.7 Å². The summed E-state index contributed by atoms with van der Waals surface area (Å²) < 4.78 is 0. The van der Waals surface area contributed by atoms with Crippen molar-refractivity contribution in [3.63, 3.8) is 0 Å². The molecule has 0 saturated carbocycles. The van der Waals surface area contributed by atoms with E-state index in [1.165, 1.54) is 17.2 Å². The van der Waals surface area contributed by atoms with Crippen LogP contribution in [0.3, 0.4) is 0 Å². The second-order valence-electron chi connectivity index (χ2n) is 4.56. The maximum atomic E-state index is 11.0. The first kappa shape index (κ1) is 14.3. The molecule has 20 heavy (non-hydrogen) atoms. The van der Waals surface area contributed by atoms with Gasteiger partial charge in [0.2, 0.25) is 0 Å². The summed E-state index contributed by atoms with van der Waals surface area (Å²) in [5.41, 5.74) is 2.78. The number of nitrogens with zero attached hydrogens (tertiary/aromatic N) is 1. The van der Waals surface area contributed by atoms with Gasteiger partial charge in [0.25, 0.3) is 0 Å². The molecule has 0 aliphatic carbocycles. The number of hydrogen-bond donors (Lipinski definition) is 1. The Hall–Kier alpha value is -2.07. The van der Waals surface area contributed by atoms with Crippen LogP contribution in [-0.4, -0.2) is 11.5 Å². The number of nitro benzene ring substituents is 1. The number of rotatable bonds is 5. The Bertz CT molecular complexity index is 629. The number of aryl methyl sites for hydroxylation is 1. The number of para-hydroxylation sites is 1. The zero-order valence-electron chi connectivity index (χ0n) is 11.1. The van der Waals surface area contributed by atoms with Gasteiger partial charge in [0.05, 0.1) is 4.92 Å². The molecule has 0 saturated heterocycles. The first-order valence-electron chi connectivity index (χ1n) is 6.30. The molecular weight excluding hydrogens is 276 g/mol. The highest BCUT2D eigenvalue weighted by molar-refractivity contribution is 6.33. The number of nitrogens with one attached hydrogen (secondary N) is 1. The first-order valence-corrected chi connectivity index (χ1v) is 6.68. The number of hydrogen-bond acceptors (Lipinski definition) is 3. The Morgan fingerprint density at radius 3 is 2.70 bits per heavy atom. The maximum absolute atomic E-state index is 11.0. The molecule has 104 valence electrons. The van der Waals surface area contributed by atoms with Gasteiger partial charge < -0.3 is 5.32 Å². The summed E-state index contributed by atoms with van der Waals surface area (Å²) in [7, 11) is 0. The highest BCUT2D eigenvalue weighted by Crippen LogP contribution is 2.32. The lowest BCUT2D eigenvalue weighted by molar-refractivity contribution is -0.383. The lowest BCUT2D eigenvalue weighted by atomic mass is 10.1. The van der Waals surface area contributed by atoms with E-state index in [1.54, 1.807) is 12.1 Å². The highest BCUT2D eigenvalue weighted by Gasteiger charge is 2.17. The van der Waals surface area contributed by atoms with E-state index in [4.69, 9.17) is 11.6 Å². The fraction of sp³-hybridized carbons (Fsp3) is 0.200. The van der Waals surface area contributed by atoms with Crippen LogP contribution < -0.4 is 5.32 Å². The minimum absolute atomic E-state index is 0.0709. The average molecular weight is 291 g/mol. The van der Waals surface area contributed by atoms with Crippen LogP contribution in [0.15, 0.2) is 42.5 Å². The molecule has 2 aromatic rings. The molecule has 0 aliphatic rings. The molecule has 0 aromatic heterocycles. The van der Waals surface area contributed by atoms with Crippen LogP contribution in [-0.2, 0) is 6.42 Å². The van der Waals surface area contributed by atoms with Crippen LogP contribution in [0.5, 0.6) is 0 Å². The van der Waals surface area contributed by atoms with Crippen molar-refractivity contribution in [2.75, 3.05) is 11.9 Å². The van der Waals surface area contributed by atoms with E-state index in [9.17, 15) is 10.1 Å². The van der Waals surface area contributed by atoms with Crippen molar-refractivity contribution in [3.8, 4) is 0 Å². The predicted octanol–water partition coefficient (Wildman–Crippen LogP) is 4.21. The third kappa shape index (κ3) is 3.48. The summed E-state index contributed by atoms with van der Waals surface area (Å²) >= 11 is 5.86. The molecule has 0 fully saturated rings. The largest absolute Gasteiger partial charge is 0.379 e. The number of nitro groups is 1. The zero-order valence-corrected chi connectivity index (χ0v) is 11.9. The van der Waals surface area contributed by atoms with E-state index in [2.05, 4.69) is 11.4 Å². The Kier molecular flexibility index (Phi) is 4.58. The maximum Gasteiger partial charge on any atom is 0.310 e. The lowest BCUT2D eigenvalue weighted by Gasteiger charge is -2.08. The topological polar surface area (TPSA) is 55.2 Å². The van der Waals surface area contributed by atoms with Gasteiger partial charge >= 0.3 is 5.69 Å². The van der Waals surface area contributed by atoms with Gasteiger partial charge in [0.1, 0.15) is 10.7 Å². The molecule has 1 N–H and O–H groups in total. The van der Waals surface area contributed by atoms with E-state index in [0.29, 0.717) is 12.2 Å². The number of halogens is 1. The summed E-state index contributed by atoms with van der Waals surface area (Å²) in [6.45, 7) is 2.66. The zero-order chi connectivity index (χ0) is 14.5. The molecule has 0 radical (unpaired) electrons. The Balaban J connectivity index is 2.05. The summed E-state index contributed by atoms with van der Waals surface area (Å²) in [4.78, 5) is 10.5. The minimum atomic E-state index is -0.461. The monoisotopic (exact) mass is 290 g/mol. The Morgan fingerprint density at radius 1 is 1.25 bits per heavy atom. The van der Waals surface area contributed by atoms with Gasteiger partial charge in [-0.05, 0) is 31.0 Å². The van der Waals surface area contributed by atoms with E-state index in [1.807, 2.05) is 25.1 Å². The highest BCUT2D eigenvalue weighted by atomic mass is 35.5.